The molecule has 1 saturated carbocycles. The number of hydrogen-bond donors (Lipinski definition) is 2. The van der Waals surface area contributed by atoms with Gasteiger partial charge in [-0.1, -0.05) is 13.8 Å². The van der Waals surface area contributed by atoms with Crippen LogP contribution in [-0.2, 0) is 4.79 Å². The second kappa shape index (κ2) is 6.69. The molecule has 116 valence electrons. The number of hydrogen-bond acceptors (Lipinski definition) is 3. The fraction of sp³-hybridized carbons (Fsp3) is 0.562. The van der Waals surface area contributed by atoms with Crippen LogP contribution in [-0.4, -0.2) is 17.7 Å². The highest BCUT2D eigenvalue weighted by Gasteiger charge is 2.25. The first-order chi connectivity index (χ1) is 9.88. The SMILES string of the molecule is CC(C)CC(C(=O)O)c1cc(Br)c(N)c(OCC2CC2)c1. The molecule has 0 aromatic heterocycles. The lowest BCUT2D eigenvalue weighted by Crippen LogP contribution is -2.15. The molecule has 1 aliphatic carbocycles. The summed E-state index contributed by atoms with van der Waals surface area (Å²) >= 11 is 3.41. The molecule has 1 atom stereocenters. The molecule has 0 bridgehead atoms. The van der Waals surface area contributed by atoms with Gasteiger partial charge in [0, 0.05) is 4.47 Å². The van der Waals surface area contributed by atoms with Crippen LogP contribution in [0.2, 0.25) is 0 Å². The van der Waals surface area contributed by atoms with E-state index in [1.54, 1.807) is 12.1 Å². The summed E-state index contributed by atoms with van der Waals surface area (Å²) < 4.78 is 6.46. The average Bonchev–Trinajstić information content (AvgIpc) is 3.21. The van der Waals surface area contributed by atoms with Crippen molar-refractivity contribution in [3.63, 3.8) is 0 Å². The van der Waals surface area contributed by atoms with Crippen LogP contribution in [0.4, 0.5) is 5.69 Å². The molecule has 4 nitrogen and oxygen atoms in total. The lowest BCUT2D eigenvalue weighted by atomic mass is 9.90. The molecule has 0 spiro atoms. The number of nitrogens with two attached hydrogens (primary N) is 1. The number of carboxylic acid groups (broad SMARTS) is 1. The third-order valence-electron chi connectivity index (χ3n) is 3.69. The van der Waals surface area contributed by atoms with Gasteiger partial charge >= 0.3 is 5.97 Å². The van der Waals surface area contributed by atoms with Crippen LogP contribution in [0, 0.1) is 11.8 Å². The molecule has 21 heavy (non-hydrogen) atoms. The van der Waals surface area contributed by atoms with E-state index < -0.39 is 11.9 Å². The van der Waals surface area contributed by atoms with E-state index in [1.165, 1.54) is 12.8 Å². The molecule has 1 aromatic carbocycles. The third kappa shape index (κ3) is 4.37. The maximum absolute atomic E-state index is 11.5. The van der Waals surface area contributed by atoms with Gasteiger partial charge in [-0.25, -0.2) is 0 Å². The van der Waals surface area contributed by atoms with Crippen molar-refractivity contribution in [2.45, 2.75) is 39.0 Å². The van der Waals surface area contributed by atoms with Crippen molar-refractivity contribution in [2.75, 3.05) is 12.3 Å². The summed E-state index contributed by atoms with van der Waals surface area (Å²) in [7, 11) is 0. The lowest BCUT2D eigenvalue weighted by molar-refractivity contribution is -0.139. The third-order valence-corrected chi connectivity index (χ3v) is 4.35. The Morgan fingerprint density at radius 1 is 1.48 bits per heavy atom. The molecule has 0 aliphatic heterocycles. The molecular formula is C16H22BrNO3. The summed E-state index contributed by atoms with van der Waals surface area (Å²) in [4.78, 5) is 11.5. The van der Waals surface area contributed by atoms with Gasteiger partial charge in [-0.05, 0) is 64.7 Å². The summed E-state index contributed by atoms with van der Waals surface area (Å²) in [6.45, 7) is 4.70. The lowest BCUT2D eigenvalue weighted by Gasteiger charge is -2.18. The number of carbonyl (C=O) groups is 1. The Morgan fingerprint density at radius 3 is 2.67 bits per heavy atom. The standard InChI is InChI=1S/C16H22BrNO3/c1-9(2)5-12(16(19)20)11-6-13(17)15(18)14(7-11)21-8-10-3-4-10/h6-7,9-10,12H,3-5,8,18H2,1-2H3,(H,19,20). The van der Waals surface area contributed by atoms with Gasteiger partial charge in [0.05, 0.1) is 18.2 Å². The highest BCUT2D eigenvalue weighted by atomic mass is 79.9. The van der Waals surface area contributed by atoms with E-state index in [4.69, 9.17) is 10.5 Å². The molecule has 1 fully saturated rings. The summed E-state index contributed by atoms with van der Waals surface area (Å²) in [6.07, 6.45) is 2.99. The Morgan fingerprint density at radius 2 is 2.14 bits per heavy atom. The largest absolute Gasteiger partial charge is 0.491 e. The molecule has 1 unspecified atom stereocenters. The van der Waals surface area contributed by atoms with Crippen LogP contribution in [0.1, 0.15) is 44.6 Å². The Bertz CT molecular complexity index is 526. The zero-order valence-electron chi connectivity index (χ0n) is 12.4. The zero-order chi connectivity index (χ0) is 15.6. The van der Waals surface area contributed by atoms with Gasteiger partial charge < -0.3 is 15.6 Å². The molecule has 0 saturated heterocycles. The van der Waals surface area contributed by atoms with Gasteiger partial charge in [0.1, 0.15) is 5.75 Å². The summed E-state index contributed by atoms with van der Waals surface area (Å²) in [5, 5.41) is 9.47. The van der Waals surface area contributed by atoms with Gasteiger partial charge in [-0.2, -0.15) is 0 Å². The van der Waals surface area contributed by atoms with Crippen molar-refractivity contribution >= 4 is 27.6 Å². The van der Waals surface area contributed by atoms with Gasteiger partial charge in [0.2, 0.25) is 0 Å². The second-order valence-corrected chi connectivity index (χ2v) is 7.04. The van der Waals surface area contributed by atoms with E-state index >= 15 is 0 Å². The summed E-state index contributed by atoms with van der Waals surface area (Å²) in [6, 6.07) is 3.57. The van der Waals surface area contributed by atoms with Crippen LogP contribution in [0.25, 0.3) is 0 Å². The Hall–Kier alpha value is -1.23. The minimum Gasteiger partial charge on any atom is -0.491 e. The first-order valence-electron chi connectivity index (χ1n) is 7.33. The van der Waals surface area contributed by atoms with E-state index in [1.807, 2.05) is 13.8 Å². The number of halogens is 1. The average molecular weight is 356 g/mol. The minimum atomic E-state index is -0.812. The van der Waals surface area contributed by atoms with E-state index in [-0.39, 0.29) is 0 Å². The Balaban J connectivity index is 2.26. The fourth-order valence-electron chi connectivity index (χ4n) is 2.28. The smallest absolute Gasteiger partial charge is 0.310 e. The van der Waals surface area contributed by atoms with Crippen molar-refractivity contribution in [3.8, 4) is 5.75 Å². The van der Waals surface area contributed by atoms with E-state index in [2.05, 4.69) is 15.9 Å². The van der Waals surface area contributed by atoms with Crippen molar-refractivity contribution < 1.29 is 14.6 Å². The van der Waals surface area contributed by atoms with Crippen LogP contribution >= 0.6 is 15.9 Å². The van der Waals surface area contributed by atoms with E-state index in [0.717, 1.165) is 5.56 Å². The maximum Gasteiger partial charge on any atom is 0.310 e. The Labute approximate surface area is 133 Å². The molecule has 0 radical (unpaired) electrons. The first kappa shape index (κ1) is 16.1. The van der Waals surface area contributed by atoms with Gasteiger partial charge in [-0.3, -0.25) is 4.79 Å². The van der Waals surface area contributed by atoms with Crippen LogP contribution in [0.3, 0.4) is 0 Å². The molecule has 5 heteroatoms. The number of nitrogen functional groups attached to an aromatic ring is 1. The Kier molecular flexibility index (Phi) is 5.14. The van der Waals surface area contributed by atoms with Crippen molar-refractivity contribution in [1.29, 1.82) is 0 Å². The normalized spacial score (nSPS) is 16.0. The number of carboxylic acids is 1. The summed E-state index contributed by atoms with van der Waals surface area (Å²) in [5.74, 6) is 0.163. The fourth-order valence-corrected chi connectivity index (χ4v) is 2.74. The van der Waals surface area contributed by atoms with Crippen molar-refractivity contribution in [3.05, 3.63) is 22.2 Å². The molecule has 1 aromatic rings. The van der Waals surface area contributed by atoms with Gasteiger partial charge in [-0.15, -0.1) is 0 Å². The number of rotatable bonds is 7. The predicted octanol–water partition coefficient (Wildman–Crippen LogP) is 4.03. The van der Waals surface area contributed by atoms with Crippen LogP contribution in [0.15, 0.2) is 16.6 Å². The van der Waals surface area contributed by atoms with Crippen molar-refractivity contribution in [2.24, 2.45) is 11.8 Å². The molecule has 1 aliphatic rings. The van der Waals surface area contributed by atoms with E-state index in [0.29, 0.717) is 40.8 Å². The zero-order valence-corrected chi connectivity index (χ0v) is 14.0. The van der Waals surface area contributed by atoms with Gasteiger partial charge in [0.25, 0.3) is 0 Å². The van der Waals surface area contributed by atoms with Crippen LogP contribution in [0.5, 0.6) is 5.75 Å². The van der Waals surface area contributed by atoms with Gasteiger partial charge in [0.15, 0.2) is 0 Å². The maximum atomic E-state index is 11.5. The first-order valence-corrected chi connectivity index (χ1v) is 8.12. The minimum absolute atomic E-state index is 0.304. The van der Waals surface area contributed by atoms with Crippen molar-refractivity contribution in [1.82, 2.24) is 0 Å². The molecule has 0 amide bonds. The monoisotopic (exact) mass is 355 g/mol. The number of benzene rings is 1. The predicted molar refractivity (Wildman–Crippen MR) is 86.6 cm³/mol. The number of aliphatic carboxylic acids is 1. The van der Waals surface area contributed by atoms with Crippen LogP contribution < -0.4 is 10.5 Å². The topological polar surface area (TPSA) is 72.5 Å². The molecule has 0 heterocycles. The molecule has 2 rings (SSSR count). The second-order valence-electron chi connectivity index (χ2n) is 6.19. The summed E-state index contributed by atoms with van der Waals surface area (Å²) in [5.41, 5.74) is 7.29. The highest BCUT2D eigenvalue weighted by Crippen LogP contribution is 2.37. The number of ether oxygens (including phenoxy) is 1. The quantitative estimate of drug-likeness (QED) is 0.724. The molecular weight excluding hydrogens is 334 g/mol. The van der Waals surface area contributed by atoms with E-state index in [9.17, 15) is 9.90 Å². The number of anilines is 1. The highest BCUT2D eigenvalue weighted by molar-refractivity contribution is 9.10. The molecule has 3 N–H and O–H groups in total.